The maximum atomic E-state index is 12.6. The fourth-order valence-corrected chi connectivity index (χ4v) is 3.39. The fourth-order valence-electron chi connectivity index (χ4n) is 2.53. The van der Waals surface area contributed by atoms with Crippen molar-refractivity contribution < 1.29 is 4.79 Å². The molecule has 0 unspecified atom stereocenters. The van der Waals surface area contributed by atoms with Gasteiger partial charge in [0, 0.05) is 36.8 Å². The van der Waals surface area contributed by atoms with Crippen molar-refractivity contribution in [3.05, 3.63) is 56.6 Å². The zero-order valence-corrected chi connectivity index (χ0v) is 15.3. The SMILES string of the molecule is O=C(c1ccc(Br)cc1Cl)N1CCN(c2ccc(Cl)cn2)CC1. The molecule has 2 aromatic rings. The summed E-state index contributed by atoms with van der Waals surface area (Å²) in [6.07, 6.45) is 1.63. The average molecular weight is 415 g/mol. The molecule has 0 N–H and O–H groups in total. The van der Waals surface area contributed by atoms with Gasteiger partial charge in [-0.3, -0.25) is 4.79 Å². The van der Waals surface area contributed by atoms with Crippen molar-refractivity contribution in [1.29, 1.82) is 0 Å². The minimum atomic E-state index is -0.0359. The number of piperazine rings is 1. The largest absolute Gasteiger partial charge is 0.353 e. The summed E-state index contributed by atoms with van der Waals surface area (Å²) >= 11 is 15.4. The molecule has 3 rings (SSSR count). The van der Waals surface area contributed by atoms with Crippen LogP contribution in [-0.2, 0) is 0 Å². The number of pyridine rings is 1. The standard InChI is InChI=1S/C16H14BrCl2N3O/c17-11-1-3-13(14(19)9-11)16(23)22-7-5-21(6-8-22)15-4-2-12(18)10-20-15/h1-4,9-10H,5-8H2. The third-order valence-electron chi connectivity index (χ3n) is 3.76. The van der Waals surface area contributed by atoms with E-state index in [0.717, 1.165) is 23.4 Å². The first-order valence-electron chi connectivity index (χ1n) is 7.15. The van der Waals surface area contributed by atoms with Crippen molar-refractivity contribution in [2.75, 3.05) is 31.1 Å². The average Bonchev–Trinajstić information content (AvgIpc) is 2.55. The molecule has 0 atom stereocenters. The van der Waals surface area contributed by atoms with Crippen molar-refractivity contribution in [3.63, 3.8) is 0 Å². The summed E-state index contributed by atoms with van der Waals surface area (Å²) in [4.78, 5) is 20.9. The Hall–Kier alpha value is -1.30. The summed E-state index contributed by atoms with van der Waals surface area (Å²) in [6.45, 7) is 2.73. The first kappa shape index (κ1) is 16.6. The number of aromatic nitrogens is 1. The highest BCUT2D eigenvalue weighted by atomic mass is 79.9. The number of nitrogens with zero attached hydrogens (tertiary/aromatic N) is 3. The van der Waals surface area contributed by atoms with E-state index in [9.17, 15) is 4.79 Å². The highest BCUT2D eigenvalue weighted by Gasteiger charge is 2.24. The Morgan fingerprint density at radius 3 is 2.43 bits per heavy atom. The Kier molecular flexibility index (Phi) is 5.09. The van der Waals surface area contributed by atoms with Crippen LogP contribution in [0, 0.1) is 0 Å². The molecule has 1 aromatic heterocycles. The van der Waals surface area contributed by atoms with E-state index in [1.807, 2.05) is 23.1 Å². The highest BCUT2D eigenvalue weighted by Crippen LogP contribution is 2.23. The van der Waals surface area contributed by atoms with Gasteiger partial charge in [-0.05, 0) is 30.3 Å². The van der Waals surface area contributed by atoms with Crippen LogP contribution in [0.5, 0.6) is 0 Å². The number of benzene rings is 1. The van der Waals surface area contributed by atoms with E-state index < -0.39 is 0 Å². The Labute approximate surface area is 153 Å². The van der Waals surface area contributed by atoms with E-state index in [2.05, 4.69) is 25.8 Å². The van der Waals surface area contributed by atoms with Gasteiger partial charge in [0.25, 0.3) is 5.91 Å². The first-order valence-corrected chi connectivity index (χ1v) is 8.70. The Bertz CT molecular complexity index is 716. The van der Waals surface area contributed by atoms with Gasteiger partial charge in [0.1, 0.15) is 5.82 Å². The van der Waals surface area contributed by atoms with Gasteiger partial charge >= 0.3 is 0 Å². The Morgan fingerprint density at radius 1 is 1.09 bits per heavy atom. The lowest BCUT2D eigenvalue weighted by Crippen LogP contribution is -2.49. The van der Waals surface area contributed by atoms with Crippen LogP contribution in [0.3, 0.4) is 0 Å². The van der Waals surface area contributed by atoms with Crippen molar-refractivity contribution in [2.24, 2.45) is 0 Å². The zero-order chi connectivity index (χ0) is 16.4. The van der Waals surface area contributed by atoms with Crippen LogP contribution >= 0.6 is 39.1 Å². The lowest BCUT2D eigenvalue weighted by Gasteiger charge is -2.35. The third kappa shape index (κ3) is 3.79. The van der Waals surface area contributed by atoms with Crippen molar-refractivity contribution in [2.45, 2.75) is 0 Å². The molecule has 120 valence electrons. The second-order valence-electron chi connectivity index (χ2n) is 5.24. The van der Waals surface area contributed by atoms with E-state index in [-0.39, 0.29) is 5.91 Å². The summed E-state index contributed by atoms with van der Waals surface area (Å²) in [5.74, 6) is 0.842. The lowest BCUT2D eigenvalue weighted by atomic mass is 10.2. The molecule has 1 aliphatic heterocycles. The molecule has 1 aromatic carbocycles. The Morgan fingerprint density at radius 2 is 1.83 bits per heavy atom. The van der Waals surface area contributed by atoms with E-state index in [0.29, 0.717) is 28.7 Å². The molecule has 4 nitrogen and oxygen atoms in total. The maximum absolute atomic E-state index is 12.6. The summed E-state index contributed by atoms with van der Waals surface area (Å²) in [5.41, 5.74) is 0.535. The molecular formula is C16H14BrCl2N3O. The predicted octanol–water partition coefficient (Wildman–Crippen LogP) is 4.11. The fraction of sp³-hybridized carbons (Fsp3) is 0.250. The van der Waals surface area contributed by atoms with Crippen LogP contribution in [0.2, 0.25) is 10.0 Å². The number of hydrogen-bond acceptors (Lipinski definition) is 3. The van der Waals surface area contributed by atoms with Crippen LogP contribution in [0.1, 0.15) is 10.4 Å². The minimum Gasteiger partial charge on any atom is -0.353 e. The summed E-state index contributed by atoms with van der Waals surface area (Å²) < 4.78 is 0.859. The van der Waals surface area contributed by atoms with Crippen molar-refractivity contribution in [1.82, 2.24) is 9.88 Å². The highest BCUT2D eigenvalue weighted by molar-refractivity contribution is 9.10. The van der Waals surface area contributed by atoms with E-state index in [1.165, 1.54) is 0 Å². The second kappa shape index (κ2) is 7.07. The Balaban J connectivity index is 1.66. The molecule has 0 bridgehead atoms. The number of carbonyl (C=O) groups excluding carboxylic acids is 1. The molecule has 1 saturated heterocycles. The van der Waals surface area contributed by atoms with Crippen molar-refractivity contribution in [3.8, 4) is 0 Å². The van der Waals surface area contributed by atoms with Gasteiger partial charge in [-0.1, -0.05) is 39.1 Å². The maximum Gasteiger partial charge on any atom is 0.255 e. The van der Waals surface area contributed by atoms with Crippen LogP contribution in [0.4, 0.5) is 5.82 Å². The van der Waals surface area contributed by atoms with Gasteiger partial charge in [0.2, 0.25) is 0 Å². The quantitative estimate of drug-likeness (QED) is 0.741. The molecular weight excluding hydrogens is 401 g/mol. The second-order valence-corrected chi connectivity index (χ2v) is 7.00. The first-order chi connectivity index (χ1) is 11.0. The molecule has 0 saturated carbocycles. The van der Waals surface area contributed by atoms with E-state index >= 15 is 0 Å². The van der Waals surface area contributed by atoms with Crippen LogP contribution in [-0.4, -0.2) is 42.0 Å². The minimum absolute atomic E-state index is 0.0359. The van der Waals surface area contributed by atoms with Gasteiger partial charge in [-0.15, -0.1) is 0 Å². The molecule has 7 heteroatoms. The smallest absolute Gasteiger partial charge is 0.255 e. The van der Waals surface area contributed by atoms with Gasteiger partial charge in [0.15, 0.2) is 0 Å². The molecule has 1 fully saturated rings. The zero-order valence-electron chi connectivity index (χ0n) is 12.2. The molecule has 1 amide bonds. The van der Waals surface area contributed by atoms with E-state index in [4.69, 9.17) is 23.2 Å². The number of rotatable bonds is 2. The summed E-state index contributed by atoms with van der Waals surface area (Å²) in [5, 5.41) is 1.08. The lowest BCUT2D eigenvalue weighted by molar-refractivity contribution is 0.0746. The molecule has 23 heavy (non-hydrogen) atoms. The van der Waals surface area contributed by atoms with Gasteiger partial charge < -0.3 is 9.80 Å². The number of carbonyl (C=O) groups is 1. The number of anilines is 1. The number of hydrogen-bond donors (Lipinski definition) is 0. The molecule has 1 aliphatic rings. The topological polar surface area (TPSA) is 36.4 Å². The van der Waals surface area contributed by atoms with Gasteiger partial charge in [-0.2, -0.15) is 0 Å². The van der Waals surface area contributed by atoms with Gasteiger partial charge in [0.05, 0.1) is 15.6 Å². The normalized spacial score (nSPS) is 14.9. The van der Waals surface area contributed by atoms with Crippen LogP contribution in [0.15, 0.2) is 41.0 Å². The number of amides is 1. The monoisotopic (exact) mass is 413 g/mol. The number of halogens is 3. The summed E-state index contributed by atoms with van der Waals surface area (Å²) in [6, 6.07) is 9.03. The van der Waals surface area contributed by atoms with Crippen LogP contribution < -0.4 is 4.90 Å². The van der Waals surface area contributed by atoms with Crippen LogP contribution in [0.25, 0.3) is 0 Å². The molecule has 0 aliphatic carbocycles. The predicted molar refractivity (Wildman–Crippen MR) is 96.5 cm³/mol. The van der Waals surface area contributed by atoms with E-state index in [1.54, 1.807) is 18.3 Å². The molecule has 2 heterocycles. The third-order valence-corrected chi connectivity index (χ3v) is 4.79. The molecule has 0 radical (unpaired) electrons. The summed E-state index contributed by atoms with van der Waals surface area (Å²) in [7, 11) is 0. The van der Waals surface area contributed by atoms with Crippen molar-refractivity contribution >= 4 is 50.9 Å². The van der Waals surface area contributed by atoms with Gasteiger partial charge in [-0.25, -0.2) is 4.98 Å². The molecule has 0 spiro atoms.